The van der Waals surface area contributed by atoms with Crippen LogP contribution in [0.1, 0.15) is 5.56 Å². The molecule has 18 heavy (non-hydrogen) atoms. The van der Waals surface area contributed by atoms with E-state index in [4.69, 9.17) is 0 Å². The first-order valence-electron chi connectivity index (χ1n) is 5.20. The molecule has 0 atom stereocenters. The standard InChI is InChI=1S/C13H9Br2F2N/c14-9-5-4-8(12(17)6-9)7-18-13-10(15)2-1-3-11(13)16/h1-6,18H,7H2. The summed E-state index contributed by atoms with van der Waals surface area (Å²) in [6, 6.07) is 9.46. The van der Waals surface area contributed by atoms with Crippen LogP contribution in [0.5, 0.6) is 0 Å². The molecule has 0 aliphatic carbocycles. The normalized spacial score (nSPS) is 10.4. The Morgan fingerprint density at radius 3 is 2.44 bits per heavy atom. The van der Waals surface area contributed by atoms with Crippen molar-refractivity contribution >= 4 is 37.5 Å². The van der Waals surface area contributed by atoms with Gasteiger partial charge in [0, 0.05) is 21.1 Å². The van der Waals surface area contributed by atoms with Gasteiger partial charge in [-0.05, 0) is 40.2 Å². The lowest BCUT2D eigenvalue weighted by molar-refractivity contribution is 0.609. The lowest BCUT2D eigenvalue weighted by Gasteiger charge is -2.10. The lowest BCUT2D eigenvalue weighted by Crippen LogP contribution is -2.04. The van der Waals surface area contributed by atoms with Gasteiger partial charge in [-0.3, -0.25) is 0 Å². The number of anilines is 1. The molecule has 0 aliphatic heterocycles. The zero-order valence-electron chi connectivity index (χ0n) is 9.18. The van der Waals surface area contributed by atoms with Crippen molar-refractivity contribution in [3.8, 4) is 0 Å². The van der Waals surface area contributed by atoms with Crippen LogP contribution < -0.4 is 5.32 Å². The fourth-order valence-corrected chi connectivity index (χ4v) is 2.33. The Morgan fingerprint density at radius 2 is 1.78 bits per heavy atom. The summed E-state index contributed by atoms with van der Waals surface area (Å²) in [5, 5.41) is 2.88. The Labute approximate surface area is 120 Å². The van der Waals surface area contributed by atoms with E-state index in [0.29, 0.717) is 20.2 Å². The highest BCUT2D eigenvalue weighted by atomic mass is 79.9. The van der Waals surface area contributed by atoms with Crippen molar-refractivity contribution in [3.63, 3.8) is 0 Å². The number of hydrogen-bond acceptors (Lipinski definition) is 1. The van der Waals surface area contributed by atoms with Crippen molar-refractivity contribution in [1.82, 2.24) is 0 Å². The van der Waals surface area contributed by atoms with Gasteiger partial charge in [-0.2, -0.15) is 0 Å². The molecule has 2 aromatic carbocycles. The van der Waals surface area contributed by atoms with E-state index in [2.05, 4.69) is 37.2 Å². The molecule has 0 spiro atoms. The van der Waals surface area contributed by atoms with Gasteiger partial charge < -0.3 is 5.32 Å². The molecular weight excluding hydrogens is 368 g/mol. The van der Waals surface area contributed by atoms with Gasteiger partial charge in [0.1, 0.15) is 11.6 Å². The molecule has 0 unspecified atom stereocenters. The van der Waals surface area contributed by atoms with Crippen LogP contribution in [-0.4, -0.2) is 0 Å². The maximum absolute atomic E-state index is 13.6. The second-order valence-electron chi connectivity index (χ2n) is 3.69. The van der Waals surface area contributed by atoms with Gasteiger partial charge in [0.25, 0.3) is 0 Å². The number of rotatable bonds is 3. The van der Waals surface area contributed by atoms with Crippen LogP contribution >= 0.6 is 31.9 Å². The van der Waals surface area contributed by atoms with E-state index in [1.54, 1.807) is 24.3 Å². The second kappa shape index (κ2) is 5.80. The third kappa shape index (κ3) is 3.09. The van der Waals surface area contributed by atoms with Crippen molar-refractivity contribution in [2.45, 2.75) is 6.54 Å². The Morgan fingerprint density at radius 1 is 1.00 bits per heavy atom. The molecule has 0 aliphatic rings. The summed E-state index contributed by atoms with van der Waals surface area (Å²) in [6.45, 7) is 0.221. The minimum Gasteiger partial charge on any atom is -0.378 e. The molecule has 94 valence electrons. The second-order valence-corrected chi connectivity index (χ2v) is 5.46. The smallest absolute Gasteiger partial charge is 0.147 e. The largest absolute Gasteiger partial charge is 0.378 e. The van der Waals surface area contributed by atoms with Gasteiger partial charge in [0.05, 0.1) is 5.69 Å². The van der Waals surface area contributed by atoms with Crippen LogP contribution in [-0.2, 0) is 6.54 Å². The summed E-state index contributed by atoms with van der Waals surface area (Å²) in [6.07, 6.45) is 0. The topological polar surface area (TPSA) is 12.0 Å². The molecule has 0 saturated heterocycles. The third-order valence-electron chi connectivity index (χ3n) is 2.43. The molecule has 0 saturated carbocycles. The molecule has 2 aromatic rings. The van der Waals surface area contributed by atoms with Gasteiger partial charge in [-0.25, -0.2) is 8.78 Å². The van der Waals surface area contributed by atoms with E-state index in [0.717, 1.165) is 0 Å². The van der Waals surface area contributed by atoms with Crippen LogP contribution in [0.2, 0.25) is 0 Å². The number of hydrogen-bond donors (Lipinski definition) is 1. The predicted molar refractivity (Wildman–Crippen MR) is 75.5 cm³/mol. The quantitative estimate of drug-likeness (QED) is 0.785. The van der Waals surface area contributed by atoms with Crippen LogP contribution in [0, 0.1) is 11.6 Å². The summed E-state index contributed by atoms with van der Waals surface area (Å²) in [5.74, 6) is -0.703. The van der Waals surface area contributed by atoms with Crippen molar-refractivity contribution in [2.75, 3.05) is 5.32 Å². The van der Waals surface area contributed by atoms with Crippen LogP contribution in [0.25, 0.3) is 0 Å². The summed E-state index contributed by atoms with van der Waals surface area (Å²) in [7, 11) is 0. The Kier molecular flexibility index (Phi) is 4.35. The number of nitrogens with one attached hydrogen (secondary N) is 1. The Balaban J connectivity index is 2.16. The van der Waals surface area contributed by atoms with E-state index in [1.807, 2.05) is 0 Å². The van der Waals surface area contributed by atoms with E-state index >= 15 is 0 Å². The molecule has 1 N–H and O–H groups in total. The first-order valence-corrected chi connectivity index (χ1v) is 6.78. The maximum atomic E-state index is 13.6. The summed E-state index contributed by atoms with van der Waals surface area (Å²) in [4.78, 5) is 0. The highest BCUT2D eigenvalue weighted by molar-refractivity contribution is 9.10. The molecule has 0 fully saturated rings. The van der Waals surface area contributed by atoms with E-state index in [-0.39, 0.29) is 18.2 Å². The minimum atomic E-state index is -0.373. The molecule has 0 radical (unpaired) electrons. The molecular formula is C13H9Br2F2N. The Bertz CT molecular complexity index is 553. The van der Waals surface area contributed by atoms with Crippen LogP contribution in [0.3, 0.4) is 0 Å². The number of para-hydroxylation sites is 1. The molecule has 0 amide bonds. The minimum absolute atomic E-state index is 0.221. The van der Waals surface area contributed by atoms with Crippen LogP contribution in [0.15, 0.2) is 45.3 Å². The summed E-state index contributed by atoms with van der Waals surface area (Å²) < 4.78 is 28.4. The molecule has 1 nitrogen and oxygen atoms in total. The van der Waals surface area contributed by atoms with Gasteiger partial charge >= 0.3 is 0 Å². The highest BCUT2D eigenvalue weighted by Gasteiger charge is 2.07. The molecule has 2 rings (SSSR count). The molecule has 0 heterocycles. The molecule has 5 heteroatoms. The van der Waals surface area contributed by atoms with Crippen molar-refractivity contribution in [2.24, 2.45) is 0 Å². The third-order valence-corrected chi connectivity index (χ3v) is 3.59. The molecule has 0 aromatic heterocycles. The van der Waals surface area contributed by atoms with Crippen molar-refractivity contribution < 1.29 is 8.78 Å². The number of halogens is 4. The van der Waals surface area contributed by atoms with E-state index < -0.39 is 0 Å². The summed E-state index contributed by atoms with van der Waals surface area (Å²) in [5.41, 5.74) is 0.813. The predicted octanol–water partition coefficient (Wildman–Crippen LogP) is 5.10. The monoisotopic (exact) mass is 375 g/mol. The average Bonchev–Trinajstić information content (AvgIpc) is 2.31. The van der Waals surface area contributed by atoms with Gasteiger partial charge in [0.2, 0.25) is 0 Å². The maximum Gasteiger partial charge on any atom is 0.147 e. The van der Waals surface area contributed by atoms with E-state index in [1.165, 1.54) is 12.1 Å². The lowest BCUT2D eigenvalue weighted by atomic mass is 10.2. The van der Waals surface area contributed by atoms with Crippen molar-refractivity contribution in [1.29, 1.82) is 0 Å². The average molecular weight is 377 g/mol. The van der Waals surface area contributed by atoms with Gasteiger partial charge in [0.15, 0.2) is 0 Å². The fourth-order valence-electron chi connectivity index (χ4n) is 1.52. The fraction of sp³-hybridized carbons (Fsp3) is 0.0769. The number of benzene rings is 2. The highest BCUT2D eigenvalue weighted by Crippen LogP contribution is 2.26. The van der Waals surface area contributed by atoms with E-state index in [9.17, 15) is 8.78 Å². The SMILES string of the molecule is Fc1cc(Br)ccc1CNc1c(F)cccc1Br. The first kappa shape index (κ1) is 13.5. The van der Waals surface area contributed by atoms with Crippen LogP contribution in [0.4, 0.5) is 14.5 Å². The summed E-state index contributed by atoms with van der Waals surface area (Å²) >= 11 is 6.43. The van der Waals surface area contributed by atoms with Gasteiger partial charge in [-0.15, -0.1) is 0 Å². The zero-order valence-corrected chi connectivity index (χ0v) is 12.4. The first-order chi connectivity index (χ1) is 8.58. The molecule has 0 bridgehead atoms. The van der Waals surface area contributed by atoms with Gasteiger partial charge in [-0.1, -0.05) is 28.1 Å². The van der Waals surface area contributed by atoms with Crippen molar-refractivity contribution in [3.05, 3.63) is 62.5 Å². The Hall–Kier alpha value is -0.940. The zero-order chi connectivity index (χ0) is 13.1.